The first kappa shape index (κ1) is 18.4. The number of nitrogens with zero attached hydrogens (tertiary/aromatic N) is 2. The van der Waals surface area contributed by atoms with Crippen LogP contribution in [0.2, 0.25) is 0 Å². The summed E-state index contributed by atoms with van der Waals surface area (Å²) >= 11 is 0. The van der Waals surface area contributed by atoms with Crippen molar-refractivity contribution in [1.82, 2.24) is 10.1 Å². The van der Waals surface area contributed by atoms with Gasteiger partial charge in [-0.1, -0.05) is 17.3 Å². The van der Waals surface area contributed by atoms with Crippen molar-refractivity contribution in [3.05, 3.63) is 71.4 Å². The van der Waals surface area contributed by atoms with Crippen LogP contribution >= 0.6 is 0 Å². The van der Waals surface area contributed by atoms with Crippen LogP contribution in [0.1, 0.15) is 34.6 Å². The molecule has 0 saturated heterocycles. The van der Waals surface area contributed by atoms with Crippen LogP contribution in [0.15, 0.2) is 53.1 Å². The van der Waals surface area contributed by atoms with E-state index in [0.29, 0.717) is 36.1 Å². The highest BCUT2D eigenvalue weighted by Crippen LogP contribution is 2.18. The van der Waals surface area contributed by atoms with Crippen LogP contribution in [0.25, 0.3) is 0 Å². The zero-order valence-electron chi connectivity index (χ0n) is 15.2. The predicted molar refractivity (Wildman–Crippen MR) is 96.8 cm³/mol. The van der Waals surface area contributed by atoms with Gasteiger partial charge in [0, 0.05) is 0 Å². The highest BCUT2D eigenvalue weighted by atomic mass is 16.5. The maximum atomic E-state index is 11.8. The number of hydrogen-bond donors (Lipinski definition) is 0. The minimum Gasteiger partial charge on any atom is -0.497 e. The SMILES string of the molecule is CCOC(=O)c1cccc(Cc2nc(COc3ccc(OC)cc3)no2)c1. The van der Waals surface area contributed by atoms with E-state index >= 15 is 0 Å². The van der Waals surface area contributed by atoms with E-state index in [2.05, 4.69) is 10.1 Å². The summed E-state index contributed by atoms with van der Waals surface area (Å²) in [6.07, 6.45) is 0.419. The molecular formula is C20H20N2O5. The largest absolute Gasteiger partial charge is 0.497 e. The molecule has 27 heavy (non-hydrogen) atoms. The van der Waals surface area contributed by atoms with Crippen LogP contribution < -0.4 is 9.47 Å². The molecule has 1 heterocycles. The average molecular weight is 368 g/mol. The van der Waals surface area contributed by atoms with E-state index in [1.165, 1.54) is 0 Å². The molecule has 1 aromatic heterocycles. The molecule has 3 rings (SSSR count). The van der Waals surface area contributed by atoms with E-state index < -0.39 is 0 Å². The summed E-state index contributed by atoms with van der Waals surface area (Å²) in [4.78, 5) is 16.1. The monoisotopic (exact) mass is 368 g/mol. The number of aromatic nitrogens is 2. The molecule has 0 spiro atoms. The Hall–Kier alpha value is -3.35. The van der Waals surface area contributed by atoms with Crippen molar-refractivity contribution in [2.45, 2.75) is 20.0 Å². The average Bonchev–Trinajstić information content (AvgIpc) is 3.14. The fourth-order valence-electron chi connectivity index (χ4n) is 2.44. The first-order chi connectivity index (χ1) is 13.2. The summed E-state index contributed by atoms with van der Waals surface area (Å²) in [6, 6.07) is 14.4. The molecule has 0 fully saturated rings. The lowest BCUT2D eigenvalue weighted by molar-refractivity contribution is 0.0526. The topological polar surface area (TPSA) is 83.7 Å². The quantitative estimate of drug-likeness (QED) is 0.563. The number of rotatable bonds is 8. The van der Waals surface area contributed by atoms with E-state index in [1.807, 2.05) is 18.2 Å². The van der Waals surface area contributed by atoms with Gasteiger partial charge in [-0.05, 0) is 48.9 Å². The van der Waals surface area contributed by atoms with Crippen molar-refractivity contribution >= 4 is 5.97 Å². The number of carbonyl (C=O) groups is 1. The van der Waals surface area contributed by atoms with Crippen LogP contribution in [0, 0.1) is 0 Å². The van der Waals surface area contributed by atoms with Crippen LogP contribution in [0.4, 0.5) is 0 Å². The second-order valence-corrected chi connectivity index (χ2v) is 5.67. The smallest absolute Gasteiger partial charge is 0.338 e. The Kier molecular flexibility index (Phi) is 6.04. The molecule has 0 saturated carbocycles. The molecule has 0 aliphatic carbocycles. The van der Waals surface area contributed by atoms with Crippen molar-refractivity contribution in [2.24, 2.45) is 0 Å². The number of esters is 1. The lowest BCUT2D eigenvalue weighted by atomic mass is 10.1. The second kappa shape index (κ2) is 8.84. The number of carbonyl (C=O) groups excluding carboxylic acids is 1. The Labute approximate surface area is 156 Å². The van der Waals surface area contributed by atoms with Gasteiger partial charge < -0.3 is 18.7 Å². The molecule has 0 atom stereocenters. The van der Waals surface area contributed by atoms with Gasteiger partial charge in [-0.15, -0.1) is 0 Å². The van der Waals surface area contributed by atoms with E-state index in [9.17, 15) is 4.79 Å². The first-order valence-electron chi connectivity index (χ1n) is 8.52. The molecule has 7 heteroatoms. The van der Waals surface area contributed by atoms with Crippen LogP contribution in [0.3, 0.4) is 0 Å². The van der Waals surface area contributed by atoms with Gasteiger partial charge in [-0.3, -0.25) is 0 Å². The summed E-state index contributed by atoms with van der Waals surface area (Å²) in [5.41, 5.74) is 1.38. The van der Waals surface area contributed by atoms with E-state index in [1.54, 1.807) is 44.4 Å². The zero-order valence-corrected chi connectivity index (χ0v) is 15.2. The van der Waals surface area contributed by atoms with Crippen LogP contribution in [0.5, 0.6) is 11.5 Å². The van der Waals surface area contributed by atoms with Gasteiger partial charge in [0.25, 0.3) is 0 Å². The molecule has 0 bridgehead atoms. The fraction of sp³-hybridized carbons (Fsp3) is 0.250. The summed E-state index contributed by atoms with van der Waals surface area (Å²) in [5.74, 6) is 1.99. The molecule has 0 unspecified atom stereocenters. The predicted octanol–water partition coefficient (Wildman–Crippen LogP) is 3.42. The summed E-state index contributed by atoms with van der Waals surface area (Å²) in [6.45, 7) is 2.30. The van der Waals surface area contributed by atoms with E-state index in [0.717, 1.165) is 11.3 Å². The molecule has 3 aromatic rings. The van der Waals surface area contributed by atoms with Gasteiger partial charge in [0.05, 0.1) is 25.7 Å². The van der Waals surface area contributed by atoms with Crippen molar-refractivity contribution in [1.29, 1.82) is 0 Å². The second-order valence-electron chi connectivity index (χ2n) is 5.67. The van der Waals surface area contributed by atoms with Crippen molar-refractivity contribution in [3.63, 3.8) is 0 Å². The number of ether oxygens (including phenoxy) is 3. The molecule has 140 valence electrons. The molecule has 0 radical (unpaired) electrons. The summed E-state index contributed by atoms with van der Waals surface area (Å²) in [7, 11) is 1.61. The van der Waals surface area contributed by atoms with Crippen molar-refractivity contribution in [2.75, 3.05) is 13.7 Å². The number of methoxy groups -OCH3 is 1. The summed E-state index contributed by atoms with van der Waals surface area (Å²) in [5, 5.41) is 3.92. The van der Waals surface area contributed by atoms with Gasteiger partial charge in [-0.25, -0.2) is 4.79 Å². The Morgan fingerprint density at radius 3 is 2.63 bits per heavy atom. The normalized spacial score (nSPS) is 10.4. The third-order valence-corrected chi connectivity index (χ3v) is 3.73. The third-order valence-electron chi connectivity index (χ3n) is 3.73. The molecule has 0 aliphatic rings. The maximum Gasteiger partial charge on any atom is 0.338 e. The highest BCUT2D eigenvalue weighted by Gasteiger charge is 2.11. The Bertz CT molecular complexity index is 889. The van der Waals surface area contributed by atoms with Gasteiger partial charge >= 0.3 is 5.97 Å². The van der Waals surface area contributed by atoms with Gasteiger partial charge in [0.2, 0.25) is 11.7 Å². The van der Waals surface area contributed by atoms with E-state index in [-0.39, 0.29) is 12.6 Å². The van der Waals surface area contributed by atoms with E-state index in [4.69, 9.17) is 18.7 Å². The summed E-state index contributed by atoms with van der Waals surface area (Å²) < 4.78 is 21.0. The molecule has 0 amide bonds. The lowest BCUT2D eigenvalue weighted by Crippen LogP contribution is -2.05. The van der Waals surface area contributed by atoms with Crippen molar-refractivity contribution in [3.8, 4) is 11.5 Å². The van der Waals surface area contributed by atoms with Crippen molar-refractivity contribution < 1.29 is 23.5 Å². The van der Waals surface area contributed by atoms with Gasteiger partial charge in [-0.2, -0.15) is 4.98 Å². The number of benzene rings is 2. The number of hydrogen-bond acceptors (Lipinski definition) is 7. The Morgan fingerprint density at radius 2 is 1.89 bits per heavy atom. The third kappa shape index (κ3) is 5.07. The van der Waals surface area contributed by atoms with Crippen LogP contribution in [-0.4, -0.2) is 29.8 Å². The minimum atomic E-state index is -0.349. The molecule has 0 aliphatic heterocycles. The maximum absolute atomic E-state index is 11.8. The zero-order chi connectivity index (χ0) is 19.1. The molecule has 2 aromatic carbocycles. The molecular weight excluding hydrogens is 348 g/mol. The first-order valence-corrected chi connectivity index (χ1v) is 8.52. The lowest BCUT2D eigenvalue weighted by Gasteiger charge is -2.04. The Morgan fingerprint density at radius 1 is 1.11 bits per heavy atom. The molecule has 0 N–H and O–H groups in total. The highest BCUT2D eigenvalue weighted by molar-refractivity contribution is 5.89. The van der Waals surface area contributed by atoms with Gasteiger partial charge in [0.1, 0.15) is 11.5 Å². The van der Waals surface area contributed by atoms with Gasteiger partial charge in [0.15, 0.2) is 6.61 Å². The minimum absolute atomic E-state index is 0.193. The van der Waals surface area contributed by atoms with Crippen LogP contribution in [-0.2, 0) is 17.8 Å². The standard InChI is InChI=1S/C20H20N2O5/c1-3-25-20(23)15-6-4-5-14(11-15)12-19-21-18(22-27-19)13-26-17-9-7-16(24-2)8-10-17/h4-11H,3,12-13H2,1-2H3. The fourth-order valence-corrected chi connectivity index (χ4v) is 2.44. The Balaban J connectivity index is 1.59. The molecule has 7 nitrogen and oxygen atoms in total.